The van der Waals surface area contributed by atoms with Crippen molar-refractivity contribution in [2.75, 3.05) is 5.32 Å². The normalized spacial score (nSPS) is 20.6. The van der Waals surface area contributed by atoms with E-state index in [1.54, 1.807) is 0 Å². The zero-order valence-corrected chi connectivity index (χ0v) is 14.8. The van der Waals surface area contributed by atoms with E-state index in [4.69, 9.17) is 17.3 Å². The Morgan fingerprint density at radius 3 is 2.48 bits per heavy atom. The predicted octanol–water partition coefficient (Wildman–Crippen LogP) is 5.24. The molecule has 0 atom stereocenters. The van der Waals surface area contributed by atoms with Crippen LogP contribution in [-0.4, -0.2) is 17.1 Å². The molecular formula is C21H22ClN3. The van der Waals surface area contributed by atoms with E-state index in [1.165, 1.54) is 0 Å². The maximum absolute atomic E-state index is 6.56. The second-order valence-corrected chi connectivity index (χ2v) is 7.27. The van der Waals surface area contributed by atoms with E-state index in [0.29, 0.717) is 12.1 Å². The molecule has 1 heterocycles. The molecule has 2 aromatic carbocycles. The van der Waals surface area contributed by atoms with Crippen LogP contribution in [0.4, 0.5) is 5.69 Å². The molecule has 3 N–H and O–H groups in total. The van der Waals surface area contributed by atoms with Gasteiger partial charge in [0.05, 0.1) is 5.02 Å². The van der Waals surface area contributed by atoms with Crippen molar-refractivity contribution < 1.29 is 0 Å². The fourth-order valence-electron chi connectivity index (χ4n) is 3.66. The van der Waals surface area contributed by atoms with Crippen molar-refractivity contribution in [3.05, 3.63) is 59.9 Å². The van der Waals surface area contributed by atoms with E-state index >= 15 is 0 Å². The molecule has 0 unspecified atom stereocenters. The molecular weight excluding hydrogens is 330 g/mol. The summed E-state index contributed by atoms with van der Waals surface area (Å²) in [6.45, 7) is 0. The highest BCUT2D eigenvalue weighted by atomic mass is 35.5. The Morgan fingerprint density at radius 2 is 1.72 bits per heavy atom. The van der Waals surface area contributed by atoms with Crippen LogP contribution in [0.2, 0.25) is 5.02 Å². The summed E-state index contributed by atoms with van der Waals surface area (Å²) in [5, 5.41) is 6.50. The van der Waals surface area contributed by atoms with Gasteiger partial charge < -0.3 is 11.1 Å². The predicted molar refractivity (Wildman–Crippen MR) is 106 cm³/mol. The van der Waals surface area contributed by atoms with E-state index < -0.39 is 0 Å². The van der Waals surface area contributed by atoms with Crippen LogP contribution in [0.15, 0.2) is 54.9 Å². The molecule has 25 heavy (non-hydrogen) atoms. The number of nitrogens with one attached hydrogen (secondary N) is 1. The lowest BCUT2D eigenvalue weighted by Gasteiger charge is -2.28. The first-order chi connectivity index (χ1) is 12.2. The SMILES string of the molecule is NC1CCC(Nc2cc(Cl)c3cncc(-c4ccccc4)c3c2)CC1. The van der Waals surface area contributed by atoms with E-state index in [9.17, 15) is 0 Å². The van der Waals surface area contributed by atoms with Crippen LogP contribution in [0.3, 0.4) is 0 Å². The lowest BCUT2D eigenvalue weighted by atomic mass is 9.91. The van der Waals surface area contributed by atoms with Gasteiger partial charge in [-0.1, -0.05) is 41.9 Å². The highest BCUT2D eigenvalue weighted by molar-refractivity contribution is 6.36. The number of anilines is 1. The fraction of sp³-hybridized carbons (Fsp3) is 0.286. The van der Waals surface area contributed by atoms with Crippen LogP contribution >= 0.6 is 11.6 Å². The minimum absolute atomic E-state index is 0.356. The van der Waals surface area contributed by atoms with Gasteiger partial charge in [0.2, 0.25) is 0 Å². The summed E-state index contributed by atoms with van der Waals surface area (Å²) < 4.78 is 0. The number of rotatable bonds is 3. The number of fused-ring (bicyclic) bond motifs is 1. The van der Waals surface area contributed by atoms with Gasteiger partial charge in [0, 0.05) is 41.1 Å². The number of halogens is 1. The molecule has 128 valence electrons. The monoisotopic (exact) mass is 351 g/mol. The average molecular weight is 352 g/mol. The van der Waals surface area contributed by atoms with Gasteiger partial charge in [-0.05, 0) is 48.8 Å². The number of hydrogen-bond acceptors (Lipinski definition) is 3. The lowest BCUT2D eigenvalue weighted by Crippen LogP contribution is -2.32. The smallest absolute Gasteiger partial charge is 0.0520 e. The van der Waals surface area contributed by atoms with Crippen molar-refractivity contribution in [2.24, 2.45) is 5.73 Å². The largest absolute Gasteiger partial charge is 0.382 e. The molecule has 1 aromatic heterocycles. The molecule has 0 aliphatic heterocycles. The lowest BCUT2D eigenvalue weighted by molar-refractivity contribution is 0.411. The minimum Gasteiger partial charge on any atom is -0.382 e. The fourth-order valence-corrected chi connectivity index (χ4v) is 3.93. The third-order valence-corrected chi connectivity index (χ3v) is 5.37. The molecule has 4 heteroatoms. The van der Waals surface area contributed by atoms with Crippen LogP contribution < -0.4 is 11.1 Å². The second kappa shape index (κ2) is 7.03. The summed E-state index contributed by atoms with van der Waals surface area (Å²) in [5.41, 5.74) is 9.34. The number of nitrogens with zero attached hydrogens (tertiary/aromatic N) is 1. The van der Waals surface area contributed by atoms with Crippen LogP contribution in [0, 0.1) is 0 Å². The molecule has 0 bridgehead atoms. The summed E-state index contributed by atoms with van der Waals surface area (Å²) in [4.78, 5) is 4.38. The number of benzene rings is 2. The van der Waals surface area contributed by atoms with Gasteiger partial charge >= 0.3 is 0 Å². The molecule has 0 radical (unpaired) electrons. The zero-order valence-electron chi connectivity index (χ0n) is 14.1. The van der Waals surface area contributed by atoms with Crippen molar-refractivity contribution in [2.45, 2.75) is 37.8 Å². The molecule has 1 saturated carbocycles. The quantitative estimate of drug-likeness (QED) is 0.678. The third-order valence-electron chi connectivity index (χ3n) is 5.05. The summed E-state index contributed by atoms with van der Waals surface area (Å²) in [6.07, 6.45) is 8.14. The van der Waals surface area contributed by atoms with Crippen molar-refractivity contribution >= 4 is 28.1 Å². The molecule has 3 aromatic rings. The molecule has 0 spiro atoms. The van der Waals surface area contributed by atoms with Crippen LogP contribution in [-0.2, 0) is 0 Å². The van der Waals surface area contributed by atoms with Gasteiger partial charge in [0.15, 0.2) is 0 Å². The third kappa shape index (κ3) is 3.48. The molecule has 1 aliphatic carbocycles. The Labute approximate surface area is 153 Å². The highest BCUT2D eigenvalue weighted by Crippen LogP contribution is 2.35. The van der Waals surface area contributed by atoms with E-state index in [0.717, 1.165) is 58.3 Å². The first-order valence-electron chi connectivity index (χ1n) is 8.85. The Hall–Kier alpha value is -2.10. The standard InChI is InChI=1S/C21H22ClN3/c22-21-11-17(25-16-8-6-15(23)7-9-16)10-18-19(12-24-13-20(18)21)14-4-2-1-3-5-14/h1-5,10-13,15-16,25H,6-9,23H2. The van der Waals surface area contributed by atoms with Crippen molar-refractivity contribution in [1.29, 1.82) is 0 Å². The van der Waals surface area contributed by atoms with Crippen LogP contribution in [0.25, 0.3) is 21.9 Å². The van der Waals surface area contributed by atoms with Crippen LogP contribution in [0.5, 0.6) is 0 Å². The molecule has 1 fully saturated rings. The van der Waals surface area contributed by atoms with Gasteiger partial charge in [0.1, 0.15) is 0 Å². The summed E-state index contributed by atoms with van der Waals surface area (Å²) in [5.74, 6) is 0. The molecule has 1 aliphatic rings. The molecule has 3 nitrogen and oxygen atoms in total. The topological polar surface area (TPSA) is 50.9 Å². The Morgan fingerprint density at radius 1 is 0.960 bits per heavy atom. The van der Waals surface area contributed by atoms with Crippen molar-refractivity contribution in [3.63, 3.8) is 0 Å². The summed E-state index contributed by atoms with van der Waals surface area (Å²) >= 11 is 6.56. The number of nitrogens with two attached hydrogens (primary N) is 1. The Bertz CT molecular complexity index is 871. The molecule has 0 saturated heterocycles. The van der Waals surface area contributed by atoms with E-state index in [-0.39, 0.29) is 0 Å². The van der Waals surface area contributed by atoms with Gasteiger partial charge in [0.25, 0.3) is 0 Å². The highest BCUT2D eigenvalue weighted by Gasteiger charge is 2.19. The van der Waals surface area contributed by atoms with Crippen molar-refractivity contribution in [3.8, 4) is 11.1 Å². The summed E-state index contributed by atoms with van der Waals surface area (Å²) in [7, 11) is 0. The first kappa shape index (κ1) is 16.4. The van der Waals surface area contributed by atoms with E-state index in [2.05, 4.69) is 28.5 Å². The Balaban J connectivity index is 1.72. The second-order valence-electron chi connectivity index (χ2n) is 6.86. The van der Waals surface area contributed by atoms with Crippen LogP contribution in [0.1, 0.15) is 25.7 Å². The minimum atomic E-state index is 0.356. The van der Waals surface area contributed by atoms with E-state index in [1.807, 2.05) is 36.7 Å². The zero-order chi connectivity index (χ0) is 17.2. The van der Waals surface area contributed by atoms with Crippen molar-refractivity contribution in [1.82, 2.24) is 4.98 Å². The maximum Gasteiger partial charge on any atom is 0.0520 e. The number of aromatic nitrogens is 1. The first-order valence-corrected chi connectivity index (χ1v) is 9.23. The molecule has 4 rings (SSSR count). The number of hydrogen-bond donors (Lipinski definition) is 2. The Kier molecular flexibility index (Phi) is 4.60. The van der Waals surface area contributed by atoms with Gasteiger partial charge in [-0.2, -0.15) is 0 Å². The molecule has 0 amide bonds. The van der Waals surface area contributed by atoms with Gasteiger partial charge in [-0.25, -0.2) is 0 Å². The summed E-state index contributed by atoms with van der Waals surface area (Å²) in [6, 6.07) is 15.3. The van der Waals surface area contributed by atoms with Gasteiger partial charge in [-0.15, -0.1) is 0 Å². The average Bonchev–Trinajstić information content (AvgIpc) is 2.64. The maximum atomic E-state index is 6.56. The number of pyridine rings is 1. The van der Waals surface area contributed by atoms with Gasteiger partial charge in [-0.3, -0.25) is 4.98 Å².